The number of halogens is 1. The highest BCUT2D eigenvalue weighted by molar-refractivity contribution is 9.10. The lowest BCUT2D eigenvalue weighted by Crippen LogP contribution is -2.25. The van der Waals surface area contributed by atoms with E-state index in [2.05, 4.69) is 15.9 Å². The van der Waals surface area contributed by atoms with Gasteiger partial charge in [-0.15, -0.1) is 0 Å². The molecular formula is C17H21BrN2O2. The molecule has 0 radical (unpaired) electrons. The normalized spacial score (nSPS) is 11.0. The number of para-hydroxylation sites is 1. The summed E-state index contributed by atoms with van der Waals surface area (Å²) in [5, 5.41) is 0. The van der Waals surface area contributed by atoms with Gasteiger partial charge < -0.3 is 14.2 Å². The van der Waals surface area contributed by atoms with Gasteiger partial charge in [0.2, 0.25) is 0 Å². The molecule has 2 rings (SSSR count). The maximum absolute atomic E-state index is 12.0. The first-order valence-corrected chi connectivity index (χ1v) is 7.96. The number of pyridine rings is 1. The fourth-order valence-corrected chi connectivity index (χ4v) is 2.54. The molecule has 0 spiro atoms. The molecule has 0 aliphatic rings. The molecule has 0 atom stereocenters. The van der Waals surface area contributed by atoms with Gasteiger partial charge >= 0.3 is 0 Å². The second-order valence-corrected chi connectivity index (χ2v) is 6.50. The minimum atomic E-state index is -0.0393. The molecule has 5 heteroatoms. The van der Waals surface area contributed by atoms with Gasteiger partial charge in [0.25, 0.3) is 5.56 Å². The first kappa shape index (κ1) is 16.8. The third kappa shape index (κ3) is 3.99. The van der Waals surface area contributed by atoms with Crippen LogP contribution in [0.15, 0.2) is 39.7 Å². The van der Waals surface area contributed by atoms with Crippen LogP contribution in [-0.4, -0.2) is 30.1 Å². The van der Waals surface area contributed by atoms with E-state index in [1.165, 1.54) is 0 Å². The van der Waals surface area contributed by atoms with E-state index >= 15 is 0 Å². The Bertz CT molecular complexity index is 703. The van der Waals surface area contributed by atoms with Crippen LogP contribution in [0.25, 0.3) is 0 Å². The average Bonchev–Trinajstić information content (AvgIpc) is 2.43. The number of hydrogen-bond acceptors (Lipinski definition) is 3. The molecule has 0 unspecified atom stereocenters. The third-order valence-corrected chi connectivity index (χ3v) is 4.07. The van der Waals surface area contributed by atoms with Crippen molar-refractivity contribution in [1.29, 1.82) is 0 Å². The minimum Gasteiger partial charge on any atom is -0.454 e. The van der Waals surface area contributed by atoms with Crippen molar-refractivity contribution >= 4 is 15.9 Å². The van der Waals surface area contributed by atoms with Crippen molar-refractivity contribution in [2.45, 2.75) is 20.4 Å². The molecule has 1 aromatic carbocycles. The van der Waals surface area contributed by atoms with E-state index in [0.717, 1.165) is 23.4 Å². The molecule has 0 N–H and O–H groups in total. The fourth-order valence-electron chi connectivity index (χ4n) is 2.16. The number of nitrogens with zero attached hydrogens (tertiary/aromatic N) is 2. The number of aryl methyl sites for hydroxylation is 2. The van der Waals surface area contributed by atoms with Crippen LogP contribution >= 0.6 is 15.9 Å². The zero-order valence-corrected chi connectivity index (χ0v) is 15.0. The molecule has 1 heterocycles. The summed E-state index contributed by atoms with van der Waals surface area (Å²) in [6.07, 6.45) is 1.77. The van der Waals surface area contributed by atoms with Crippen LogP contribution in [0.4, 0.5) is 0 Å². The molecule has 0 fully saturated rings. The largest absolute Gasteiger partial charge is 0.454 e. The second kappa shape index (κ2) is 7.11. The summed E-state index contributed by atoms with van der Waals surface area (Å²) in [6, 6.07) is 7.58. The summed E-state index contributed by atoms with van der Waals surface area (Å²) in [5.41, 5.74) is 2.10. The first-order valence-electron chi connectivity index (χ1n) is 7.17. The molecule has 0 amide bonds. The van der Waals surface area contributed by atoms with Crippen LogP contribution in [-0.2, 0) is 6.54 Å². The van der Waals surface area contributed by atoms with Crippen molar-refractivity contribution in [3.8, 4) is 11.5 Å². The average molecular weight is 365 g/mol. The number of rotatable bonds is 5. The highest BCUT2D eigenvalue weighted by Gasteiger charge is 2.10. The zero-order chi connectivity index (χ0) is 16.3. The molecular weight excluding hydrogens is 344 g/mol. The molecule has 22 heavy (non-hydrogen) atoms. The van der Waals surface area contributed by atoms with Gasteiger partial charge in [-0.3, -0.25) is 4.79 Å². The van der Waals surface area contributed by atoms with Gasteiger partial charge in [0.15, 0.2) is 5.75 Å². The number of benzene rings is 1. The van der Waals surface area contributed by atoms with Crippen LogP contribution in [0.1, 0.15) is 11.1 Å². The zero-order valence-electron chi connectivity index (χ0n) is 13.4. The van der Waals surface area contributed by atoms with Gasteiger partial charge in [-0.05, 0) is 55.0 Å². The summed E-state index contributed by atoms with van der Waals surface area (Å²) in [5.74, 6) is 1.48. The Hall–Kier alpha value is -1.59. The number of ether oxygens (including phenoxy) is 1. The SMILES string of the molecule is Cc1cccc(C)c1Oc1cn(CCN(C)C)c(=O)cc1Br. The maximum atomic E-state index is 12.0. The van der Waals surface area contributed by atoms with E-state index in [4.69, 9.17) is 4.74 Å². The number of likely N-dealkylation sites (N-methyl/N-ethyl adjacent to an activating group) is 1. The Morgan fingerprint density at radius 3 is 2.45 bits per heavy atom. The van der Waals surface area contributed by atoms with Crippen molar-refractivity contribution in [2.24, 2.45) is 0 Å². The molecule has 1 aromatic heterocycles. The molecule has 0 bridgehead atoms. The molecule has 2 aromatic rings. The lowest BCUT2D eigenvalue weighted by Gasteiger charge is -2.16. The van der Waals surface area contributed by atoms with Crippen molar-refractivity contribution in [1.82, 2.24) is 9.47 Å². The molecule has 4 nitrogen and oxygen atoms in total. The van der Waals surface area contributed by atoms with Crippen molar-refractivity contribution < 1.29 is 4.74 Å². The molecule has 0 aliphatic carbocycles. The highest BCUT2D eigenvalue weighted by Crippen LogP contribution is 2.32. The number of hydrogen-bond donors (Lipinski definition) is 0. The lowest BCUT2D eigenvalue weighted by atomic mass is 10.1. The van der Waals surface area contributed by atoms with Gasteiger partial charge in [-0.25, -0.2) is 0 Å². The molecule has 118 valence electrons. The molecule has 0 saturated heterocycles. The Labute approximate surface area is 139 Å². The van der Waals surface area contributed by atoms with Gasteiger partial charge in [-0.1, -0.05) is 18.2 Å². The highest BCUT2D eigenvalue weighted by atomic mass is 79.9. The van der Waals surface area contributed by atoms with Crippen molar-refractivity contribution in [3.05, 3.63) is 56.4 Å². The summed E-state index contributed by atoms with van der Waals surface area (Å²) in [7, 11) is 3.97. The van der Waals surface area contributed by atoms with Gasteiger partial charge in [-0.2, -0.15) is 0 Å². The van der Waals surface area contributed by atoms with E-state index < -0.39 is 0 Å². The van der Waals surface area contributed by atoms with Crippen LogP contribution in [0.5, 0.6) is 11.5 Å². The predicted molar refractivity (Wildman–Crippen MR) is 92.9 cm³/mol. The number of aromatic nitrogens is 1. The Kier molecular flexibility index (Phi) is 5.42. The second-order valence-electron chi connectivity index (χ2n) is 5.64. The standard InChI is InChI=1S/C17H21BrN2O2/c1-12-6-5-7-13(2)17(12)22-15-11-20(9-8-19(3)4)16(21)10-14(15)18/h5-7,10-11H,8-9H2,1-4H3. The summed E-state index contributed by atoms with van der Waals surface area (Å²) >= 11 is 3.42. The van der Waals surface area contributed by atoms with Crippen LogP contribution in [0, 0.1) is 13.8 Å². The van der Waals surface area contributed by atoms with E-state index in [9.17, 15) is 4.79 Å². The Balaban J connectivity index is 2.35. The quantitative estimate of drug-likeness (QED) is 0.812. The van der Waals surface area contributed by atoms with E-state index in [-0.39, 0.29) is 5.56 Å². The fraction of sp³-hybridized carbons (Fsp3) is 0.353. The van der Waals surface area contributed by atoms with Gasteiger partial charge in [0.05, 0.1) is 10.7 Å². The maximum Gasteiger partial charge on any atom is 0.251 e. The summed E-state index contributed by atoms with van der Waals surface area (Å²) in [6.45, 7) is 5.45. The summed E-state index contributed by atoms with van der Waals surface area (Å²) in [4.78, 5) is 14.1. The van der Waals surface area contributed by atoms with E-state index in [0.29, 0.717) is 16.8 Å². The van der Waals surface area contributed by atoms with Crippen LogP contribution in [0.2, 0.25) is 0 Å². The monoisotopic (exact) mass is 364 g/mol. The lowest BCUT2D eigenvalue weighted by molar-refractivity contribution is 0.377. The van der Waals surface area contributed by atoms with Gasteiger partial charge in [0.1, 0.15) is 5.75 Å². The minimum absolute atomic E-state index is 0.0393. The van der Waals surface area contributed by atoms with Crippen molar-refractivity contribution in [3.63, 3.8) is 0 Å². The molecule has 0 saturated carbocycles. The molecule has 0 aliphatic heterocycles. The van der Waals surface area contributed by atoms with Crippen LogP contribution < -0.4 is 10.3 Å². The van der Waals surface area contributed by atoms with Gasteiger partial charge in [0, 0.05) is 19.2 Å². The summed E-state index contributed by atoms with van der Waals surface area (Å²) < 4.78 is 8.40. The smallest absolute Gasteiger partial charge is 0.251 e. The first-order chi connectivity index (χ1) is 10.4. The van der Waals surface area contributed by atoms with Crippen molar-refractivity contribution in [2.75, 3.05) is 20.6 Å². The third-order valence-electron chi connectivity index (χ3n) is 3.45. The van der Waals surface area contributed by atoms with E-state index in [1.807, 2.05) is 51.0 Å². The Morgan fingerprint density at radius 1 is 1.23 bits per heavy atom. The van der Waals surface area contributed by atoms with E-state index in [1.54, 1.807) is 16.8 Å². The Morgan fingerprint density at radius 2 is 1.86 bits per heavy atom. The topological polar surface area (TPSA) is 34.5 Å². The van der Waals surface area contributed by atoms with Crippen LogP contribution in [0.3, 0.4) is 0 Å². The predicted octanol–water partition coefficient (Wildman–Crippen LogP) is 3.58.